The Kier molecular flexibility index (Phi) is 4.67. The van der Waals surface area contributed by atoms with Crippen molar-refractivity contribution in [2.75, 3.05) is 26.2 Å². The van der Waals surface area contributed by atoms with E-state index in [1.807, 2.05) is 4.90 Å². The summed E-state index contributed by atoms with van der Waals surface area (Å²) in [5.41, 5.74) is 0. The lowest BCUT2D eigenvalue weighted by Crippen LogP contribution is -2.52. The third kappa shape index (κ3) is 3.40. The topological polar surface area (TPSA) is 52.7 Å². The minimum Gasteiger partial charge on any atom is -0.340 e. The lowest BCUT2D eigenvalue weighted by molar-refractivity contribution is -0.136. The molecule has 1 N–H and O–H groups in total. The molecule has 0 atom stereocenters. The molecule has 0 aliphatic carbocycles. The number of urea groups is 1. The first-order valence-corrected chi connectivity index (χ1v) is 6.98. The van der Waals surface area contributed by atoms with Gasteiger partial charge in [0.05, 0.1) is 6.54 Å². The number of hydrogen-bond acceptors (Lipinski definition) is 2. The summed E-state index contributed by atoms with van der Waals surface area (Å²) in [7, 11) is 0. The van der Waals surface area contributed by atoms with Crippen LogP contribution < -0.4 is 5.32 Å². The van der Waals surface area contributed by atoms with Crippen LogP contribution in [-0.2, 0) is 4.79 Å². The monoisotopic (exact) mass is 263 g/mol. The first kappa shape index (κ1) is 13.7. The number of terminal acetylenes is 1. The van der Waals surface area contributed by atoms with Crippen LogP contribution >= 0.6 is 0 Å². The van der Waals surface area contributed by atoms with E-state index in [1.54, 1.807) is 4.90 Å². The molecule has 0 aromatic rings. The summed E-state index contributed by atoms with van der Waals surface area (Å²) in [6, 6.07) is 0.214. The molecule has 19 heavy (non-hydrogen) atoms. The van der Waals surface area contributed by atoms with Gasteiger partial charge in [-0.15, -0.1) is 6.42 Å². The molecule has 5 nitrogen and oxygen atoms in total. The molecule has 0 bridgehead atoms. The Morgan fingerprint density at radius 1 is 1.32 bits per heavy atom. The van der Waals surface area contributed by atoms with Crippen molar-refractivity contribution in [1.29, 1.82) is 0 Å². The molecule has 0 unspecified atom stereocenters. The molecular weight excluding hydrogens is 242 g/mol. The maximum absolute atomic E-state index is 11.9. The number of nitrogens with zero attached hydrogens (tertiary/aromatic N) is 2. The number of carbonyl (C=O) groups is 2. The molecule has 104 valence electrons. The Morgan fingerprint density at radius 3 is 2.68 bits per heavy atom. The summed E-state index contributed by atoms with van der Waals surface area (Å²) in [4.78, 5) is 27.4. The van der Waals surface area contributed by atoms with Gasteiger partial charge in [0.1, 0.15) is 0 Å². The lowest BCUT2D eigenvalue weighted by Gasteiger charge is -2.40. The van der Waals surface area contributed by atoms with Crippen LogP contribution in [0.1, 0.15) is 32.1 Å². The molecular formula is C14H21N3O2. The Bertz CT molecular complexity index is 381. The largest absolute Gasteiger partial charge is 0.340 e. The minimum absolute atomic E-state index is 0.0960. The molecule has 0 aromatic heterocycles. The van der Waals surface area contributed by atoms with E-state index < -0.39 is 0 Å². The van der Waals surface area contributed by atoms with E-state index in [2.05, 4.69) is 11.2 Å². The van der Waals surface area contributed by atoms with Crippen LogP contribution in [0.4, 0.5) is 4.79 Å². The Balaban J connectivity index is 1.80. The second-order valence-electron chi connectivity index (χ2n) is 5.13. The molecule has 2 aliphatic rings. The van der Waals surface area contributed by atoms with Gasteiger partial charge in [-0.05, 0) is 25.7 Å². The van der Waals surface area contributed by atoms with E-state index in [9.17, 15) is 9.59 Å². The van der Waals surface area contributed by atoms with Gasteiger partial charge in [-0.25, -0.2) is 4.79 Å². The van der Waals surface area contributed by atoms with Crippen molar-refractivity contribution in [3.05, 3.63) is 0 Å². The normalized spacial score (nSPS) is 21.1. The average Bonchev–Trinajstić information content (AvgIpc) is 2.45. The third-order valence-electron chi connectivity index (χ3n) is 3.89. The molecule has 0 aromatic carbocycles. The summed E-state index contributed by atoms with van der Waals surface area (Å²) in [5.74, 6) is 2.67. The molecule has 3 amide bonds. The van der Waals surface area contributed by atoms with Crippen molar-refractivity contribution in [2.45, 2.75) is 38.1 Å². The number of nitrogens with one attached hydrogen (secondary N) is 1. The van der Waals surface area contributed by atoms with Gasteiger partial charge in [-0.2, -0.15) is 0 Å². The minimum atomic E-state index is -0.0960. The van der Waals surface area contributed by atoms with Crippen molar-refractivity contribution >= 4 is 11.9 Å². The third-order valence-corrected chi connectivity index (χ3v) is 3.89. The summed E-state index contributed by atoms with van der Waals surface area (Å²) in [6.07, 6.45) is 9.66. The Hall–Kier alpha value is -1.70. The van der Waals surface area contributed by atoms with Gasteiger partial charge in [0.25, 0.3) is 0 Å². The van der Waals surface area contributed by atoms with E-state index in [1.165, 1.54) is 0 Å². The maximum Gasteiger partial charge on any atom is 0.318 e. The number of likely N-dealkylation sites (tertiary alicyclic amines) is 2. The SMILES string of the molecule is C#CCNC(=O)N1CCC(N2CCCCC2=O)CC1. The fourth-order valence-electron chi connectivity index (χ4n) is 2.83. The van der Waals surface area contributed by atoms with Crippen molar-refractivity contribution in [3.8, 4) is 12.3 Å². The zero-order valence-corrected chi connectivity index (χ0v) is 11.2. The van der Waals surface area contributed by atoms with Crippen molar-refractivity contribution in [3.63, 3.8) is 0 Å². The van der Waals surface area contributed by atoms with Crippen molar-refractivity contribution in [2.24, 2.45) is 0 Å². The van der Waals surface area contributed by atoms with Crippen LogP contribution in [0.5, 0.6) is 0 Å². The second kappa shape index (κ2) is 6.46. The molecule has 2 heterocycles. The van der Waals surface area contributed by atoms with Gasteiger partial charge in [-0.1, -0.05) is 5.92 Å². The number of piperidine rings is 2. The molecule has 2 aliphatic heterocycles. The summed E-state index contributed by atoms with van der Waals surface area (Å²) >= 11 is 0. The van der Waals surface area contributed by atoms with Gasteiger partial charge < -0.3 is 15.1 Å². The zero-order chi connectivity index (χ0) is 13.7. The molecule has 5 heteroatoms. The zero-order valence-electron chi connectivity index (χ0n) is 11.2. The maximum atomic E-state index is 11.9. The lowest BCUT2D eigenvalue weighted by atomic mass is 10.00. The van der Waals surface area contributed by atoms with Gasteiger partial charge in [0.2, 0.25) is 5.91 Å². The van der Waals surface area contributed by atoms with Gasteiger partial charge in [-0.3, -0.25) is 4.79 Å². The number of amides is 3. The highest BCUT2D eigenvalue weighted by Gasteiger charge is 2.30. The van der Waals surface area contributed by atoms with E-state index in [4.69, 9.17) is 6.42 Å². The fraction of sp³-hybridized carbons (Fsp3) is 0.714. The van der Waals surface area contributed by atoms with Gasteiger partial charge in [0.15, 0.2) is 0 Å². The van der Waals surface area contributed by atoms with Crippen LogP contribution in [0.15, 0.2) is 0 Å². The highest BCUT2D eigenvalue weighted by Crippen LogP contribution is 2.21. The van der Waals surface area contributed by atoms with Crippen molar-refractivity contribution < 1.29 is 9.59 Å². The number of rotatable bonds is 2. The van der Waals surface area contributed by atoms with Crippen LogP contribution in [0.2, 0.25) is 0 Å². The highest BCUT2D eigenvalue weighted by molar-refractivity contribution is 5.77. The number of hydrogen-bond donors (Lipinski definition) is 1. The van der Waals surface area contributed by atoms with E-state index in [-0.39, 0.29) is 18.5 Å². The van der Waals surface area contributed by atoms with E-state index in [0.29, 0.717) is 25.6 Å². The van der Waals surface area contributed by atoms with E-state index in [0.717, 1.165) is 32.2 Å². The summed E-state index contributed by atoms with van der Waals surface area (Å²) < 4.78 is 0. The highest BCUT2D eigenvalue weighted by atomic mass is 16.2. The van der Waals surface area contributed by atoms with Crippen molar-refractivity contribution in [1.82, 2.24) is 15.1 Å². The molecule has 0 spiro atoms. The average molecular weight is 263 g/mol. The van der Waals surface area contributed by atoms with Crippen LogP contribution in [0.25, 0.3) is 0 Å². The van der Waals surface area contributed by atoms with E-state index >= 15 is 0 Å². The molecule has 2 saturated heterocycles. The fourth-order valence-corrected chi connectivity index (χ4v) is 2.83. The predicted molar refractivity (Wildman–Crippen MR) is 72.4 cm³/mol. The number of carbonyl (C=O) groups excluding carboxylic acids is 2. The molecule has 2 fully saturated rings. The van der Waals surface area contributed by atoms with Gasteiger partial charge in [0, 0.05) is 32.1 Å². The molecule has 2 rings (SSSR count). The standard InChI is InChI=1S/C14H21N3O2/c1-2-8-15-14(19)16-10-6-12(7-11-16)17-9-4-3-5-13(17)18/h1,12H,3-11H2,(H,15,19). The smallest absolute Gasteiger partial charge is 0.318 e. The van der Waals surface area contributed by atoms with Crippen LogP contribution in [-0.4, -0.2) is 54.0 Å². The Morgan fingerprint density at radius 2 is 2.05 bits per heavy atom. The first-order chi connectivity index (χ1) is 9.22. The predicted octanol–water partition coefficient (Wildman–Crippen LogP) is 0.806. The summed E-state index contributed by atoms with van der Waals surface area (Å²) in [6.45, 7) is 2.55. The second-order valence-corrected chi connectivity index (χ2v) is 5.13. The first-order valence-electron chi connectivity index (χ1n) is 6.98. The molecule has 0 radical (unpaired) electrons. The van der Waals surface area contributed by atoms with Crippen LogP contribution in [0, 0.1) is 12.3 Å². The van der Waals surface area contributed by atoms with Crippen LogP contribution in [0.3, 0.4) is 0 Å². The quantitative estimate of drug-likeness (QED) is 0.749. The molecule has 0 saturated carbocycles. The van der Waals surface area contributed by atoms with Gasteiger partial charge >= 0.3 is 6.03 Å². The Labute approximate surface area is 114 Å². The summed E-state index contributed by atoms with van der Waals surface area (Å²) in [5, 5.41) is 2.68.